The number of nitrogens with zero attached hydrogens (tertiary/aromatic N) is 2. The maximum Gasteiger partial charge on any atom is 0.239 e. The van der Waals surface area contributed by atoms with Gasteiger partial charge in [-0.3, -0.25) is 14.7 Å². The Hall–Kier alpha value is -2.79. The number of carbonyl (C=O) groups is 1. The van der Waals surface area contributed by atoms with Crippen molar-refractivity contribution in [3.8, 4) is 0 Å². The van der Waals surface area contributed by atoms with Crippen molar-refractivity contribution in [2.75, 3.05) is 7.05 Å². The molecule has 0 saturated heterocycles. The summed E-state index contributed by atoms with van der Waals surface area (Å²) in [5.41, 5.74) is 9.05. The second-order valence-electron chi connectivity index (χ2n) is 6.25. The fraction of sp³-hybridized carbons (Fsp3) is 0.200. The standard InChI is InChI=1S/C20H20FN3O/c1-13-6-8-15-10-14(7-9-18(15)23-13)12-24(2)19(20(22)25)16-4-3-5-17(21)11-16/h3-11,19H,12H2,1-2H3,(H2,22,25). The molecule has 2 N–H and O–H groups in total. The average molecular weight is 337 g/mol. The molecule has 3 rings (SSSR count). The Morgan fingerprint density at radius 2 is 2.00 bits per heavy atom. The average Bonchev–Trinajstić information content (AvgIpc) is 2.55. The van der Waals surface area contributed by atoms with E-state index in [-0.39, 0.29) is 5.82 Å². The summed E-state index contributed by atoms with van der Waals surface area (Å²) >= 11 is 0. The number of halogens is 1. The molecule has 0 aliphatic rings. The van der Waals surface area contributed by atoms with Gasteiger partial charge >= 0.3 is 0 Å². The molecule has 1 atom stereocenters. The number of nitrogens with two attached hydrogens (primary N) is 1. The first-order valence-electron chi connectivity index (χ1n) is 8.05. The molecule has 0 radical (unpaired) electrons. The minimum absolute atomic E-state index is 0.385. The highest BCUT2D eigenvalue weighted by atomic mass is 19.1. The lowest BCUT2D eigenvalue weighted by atomic mass is 10.0. The molecule has 1 heterocycles. The fourth-order valence-electron chi connectivity index (χ4n) is 3.07. The van der Waals surface area contributed by atoms with Crippen LogP contribution in [0.4, 0.5) is 4.39 Å². The van der Waals surface area contributed by atoms with E-state index in [0.29, 0.717) is 12.1 Å². The minimum atomic E-state index is -0.692. The molecule has 1 unspecified atom stereocenters. The summed E-state index contributed by atoms with van der Waals surface area (Å²) in [5.74, 6) is -0.893. The number of primary amides is 1. The topological polar surface area (TPSA) is 59.2 Å². The number of hydrogen-bond donors (Lipinski definition) is 1. The van der Waals surface area contributed by atoms with Crippen LogP contribution in [0.1, 0.15) is 22.9 Å². The summed E-state index contributed by atoms with van der Waals surface area (Å²) in [4.78, 5) is 18.2. The van der Waals surface area contributed by atoms with Gasteiger partial charge in [0.2, 0.25) is 5.91 Å². The second-order valence-corrected chi connectivity index (χ2v) is 6.25. The van der Waals surface area contributed by atoms with Crippen molar-refractivity contribution in [1.29, 1.82) is 0 Å². The van der Waals surface area contributed by atoms with Gasteiger partial charge in [-0.1, -0.05) is 24.3 Å². The molecule has 4 nitrogen and oxygen atoms in total. The van der Waals surface area contributed by atoms with Crippen LogP contribution in [0.5, 0.6) is 0 Å². The third kappa shape index (κ3) is 3.83. The third-order valence-electron chi connectivity index (χ3n) is 4.20. The number of aryl methyl sites for hydroxylation is 1. The molecule has 0 saturated carbocycles. The molecule has 5 heteroatoms. The summed E-state index contributed by atoms with van der Waals surface area (Å²) in [6.07, 6.45) is 0. The van der Waals surface area contributed by atoms with E-state index in [1.807, 2.05) is 42.2 Å². The number of fused-ring (bicyclic) bond motifs is 1. The van der Waals surface area contributed by atoms with Gasteiger partial charge in [0.25, 0.3) is 0 Å². The van der Waals surface area contributed by atoms with Crippen LogP contribution < -0.4 is 5.73 Å². The molecule has 1 amide bonds. The number of benzene rings is 2. The first-order chi connectivity index (χ1) is 11.9. The Morgan fingerprint density at radius 3 is 2.72 bits per heavy atom. The first-order valence-corrected chi connectivity index (χ1v) is 8.05. The van der Waals surface area contributed by atoms with E-state index < -0.39 is 11.9 Å². The van der Waals surface area contributed by atoms with Gasteiger partial charge in [-0.15, -0.1) is 0 Å². The summed E-state index contributed by atoms with van der Waals surface area (Å²) < 4.78 is 13.5. The molecule has 0 bridgehead atoms. The predicted molar refractivity (Wildman–Crippen MR) is 96.3 cm³/mol. The van der Waals surface area contributed by atoms with Crippen molar-refractivity contribution in [1.82, 2.24) is 9.88 Å². The van der Waals surface area contributed by atoms with Crippen LogP contribution in [0, 0.1) is 12.7 Å². The van der Waals surface area contributed by atoms with Crippen molar-refractivity contribution in [3.63, 3.8) is 0 Å². The zero-order chi connectivity index (χ0) is 18.0. The maximum atomic E-state index is 13.5. The molecule has 0 fully saturated rings. The van der Waals surface area contributed by atoms with Crippen LogP contribution >= 0.6 is 0 Å². The van der Waals surface area contributed by atoms with Gasteiger partial charge in [-0.05, 0) is 55.4 Å². The van der Waals surface area contributed by atoms with Crippen LogP contribution in [-0.2, 0) is 11.3 Å². The molecule has 1 aromatic heterocycles. The number of pyridine rings is 1. The Morgan fingerprint density at radius 1 is 1.20 bits per heavy atom. The maximum absolute atomic E-state index is 13.5. The summed E-state index contributed by atoms with van der Waals surface area (Å²) in [7, 11) is 1.80. The lowest BCUT2D eigenvalue weighted by Crippen LogP contribution is -2.35. The molecule has 3 aromatic rings. The van der Waals surface area contributed by atoms with Crippen molar-refractivity contribution >= 4 is 16.8 Å². The summed E-state index contributed by atoms with van der Waals surface area (Å²) in [5, 5.41) is 1.04. The normalized spacial score (nSPS) is 12.5. The largest absolute Gasteiger partial charge is 0.368 e. The zero-order valence-electron chi connectivity index (χ0n) is 14.2. The molecule has 25 heavy (non-hydrogen) atoms. The van der Waals surface area contributed by atoms with E-state index >= 15 is 0 Å². The number of carbonyl (C=O) groups excluding carboxylic acids is 1. The summed E-state index contributed by atoms with van der Waals surface area (Å²) in [6.45, 7) is 2.46. The highest BCUT2D eigenvalue weighted by molar-refractivity contribution is 5.81. The second kappa shape index (κ2) is 6.99. The lowest BCUT2D eigenvalue weighted by molar-refractivity contribution is -0.123. The van der Waals surface area contributed by atoms with Gasteiger partial charge in [0.05, 0.1) is 5.52 Å². The zero-order valence-corrected chi connectivity index (χ0v) is 14.2. The Labute approximate surface area is 146 Å². The highest BCUT2D eigenvalue weighted by Crippen LogP contribution is 2.23. The number of amides is 1. The van der Waals surface area contributed by atoms with Gasteiger partial charge in [0.1, 0.15) is 11.9 Å². The van der Waals surface area contributed by atoms with Crippen molar-refractivity contribution in [2.24, 2.45) is 5.73 Å². The van der Waals surface area contributed by atoms with Gasteiger partial charge in [-0.25, -0.2) is 4.39 Å². The van der Waals surface area contributed by atoms with Crippen LogP contribution in [0.15, 0.2) is 54.6 Å². The number of rotatable bonds is 5. The van der Waals surface area contributed by atoms with E-state index in [0.717, 1.165) is 22.2 Å². The molecule has 2 aromatic carbocycles. The van der Waals surface area contributed by atoms with Crippen molar-refractivity contribution in [3.05, 3.63) is 77.2 Å². The molecule has 0 aliphatic carbocycles. The monoisotopic (exact) mass is 337 g/mol. The highest BCUT2D eigenvalue weighted by Gasteiger charge is 2.23. The van der Waals surface area contributed by atoms with E-state index in [1.165, 1.54) is 12.1 Å². The number of likely N-dealkylation sites (N-methyl/N-ethyl adjacent to an activating group) is 1. The van der Waals surface area contributed by atoms with Crippen LogP contribution in [-0.4, -0.2) is 22.8 Å². The Balaban J connectivity index is 1.87. The predicted octanol–water partition coefficient (Wildman–Crippen LogP) is 3.34. The van der Waals surface area contributed by atoms with Crippen LogP contribution in [0.25, 0.3) is 10.9 Å². The molecule has 128 valence electrons. The Kier molecular flexibility index (Phi) is 4.76. The molecule has 0 aliphatic heterocycles. The quantitative estimate of drug-likeness (QED) is 0.777. The van der Waals surface area contributed by atoms with Crippen molar-refractivity contribution in [2.45, 2.75) is 19.5 Å². The fourth-order valence-corrected chi connectivity index (χ4v) is 3.07. The molecular weight excluding hydrogens is 317 g/mol. The van der Waals surface area contributed by atoms with E-state index in [1.54, 1.807) is 19.2 Å². The lowest BCUT2D eigenvalue weighted by Gasteiger charge is -2.26. The van der Waals surface area contributed by atoms with E-state index in [2.05, 4.69) is 4.98 Å². The van der Waals surface area contributed by atoms with E-state index in [4.69, 9.17) is 5.73 Å². The first kappa shape index (κ1) is 17.0. The SMILES string of the molecule is Cc1ccc2cc(CN(C)C(C(N)=O)c3cccc(F)c3)ccc2n1. The third-order valence-corrected chi connectivity index (χ3v) is 4.20. The van der Waals surface area contributed by atoms with Crippen LogP contribution in [0.3, 0.4) is 0 Å². The Bertz CT molecular complexity index is 926. The van der Waals surface area contributed by atoms with E-state index in [9.17, 15) is 9.18 Å². The van der Waals surface area contributed by atoms with Gasteiger partial charge in [0, 0.05) is 17.6 Å². The van der Waals surface area contributed by atoms with Crippen molar-refractivity contribution < 1.29 is 9.18 Å². The minimum Gasteiger partial charge on any atom is -0.368 e. The van der Waals surface area contributed by atoms with Gasteiger partial charge < -0.3 is 5.73 Å². The van der Waals surface area contributed by atoms with Gasteiger partial charge in [0.15, 0.2) is 0 Å². The van der Waals surface area contributed by atoms with Gasteiger partial charge in [-0.2, -0.15) is 0 Å². The molecular formula is C20H20FN3O. The number of hydrogen-bond acceptors (Lipinski definition) is 3. The smallest absolute Gasteiger partial charge is 0.239 e. The molecule has 0 spiro atoms. The summed E-state index contributed by atoms with van der Waals surface area (Å²) in [6, 6.07) is 15.3. The van der Waals surface area contributed by atoms with Crippen LogP contribution in [0.2, 0.25) is 0 Å². The number of aromatic nitrogens is 1.